The smallest absolute Gasteiger partial charge is 0.339 e. The van der Waals surface area contributed by atoms with E-state index in [0.717, 1.165) is 0 Å². The summed E-state index contributed by atoms with van der Waals surface area (Å²) in [4.78, 5) is 10.8. The zero-order valence-electron chi connectivity index (χ0n) is 8.98. The molecule has 0 aliphatic carbocycles. The number of hydrogen-bond donors (Lipinski definition) is 1. The molecule has 0 radical (unpaired) electrons. The fourth-order valence-electron chi connectivity index (χ4n) is 1.19. The highest BCUT2D eigenvalue weighted by Crippen LogP contribution is 2.25. The van der Waals surface area contributed by atoms with E-state index in [4.69, 9.17) is 14.6 Å². The molecule has 0 aromatic heterocycles. The fourth-order valence-corrected chi connectivity index (χ4v) is 1.19. The van der Waals surface area contributed by atoms with Gasteiger partial charge in [-0.25, -0.2) is 4.79 Å². The van der Waals surface area contributed by atoms with Gasteiger partial charge in [-0.3, -0.25) is 0 Å². The number of methoxy groups -OCH3 is 1. The summed E-state index contributed by atoms with van der Waals surface area (Å²) in [5, 5.41) is 8.85. The Morgan fingerprint density at radius 3 is 2.53 bits per heavy atom. The summed E-state index contributed by atoms with van der Waals surface area (Å²) in [7, 11) is 1.43. The predicted molar refractivity (Wildman–Crippen MR) is 55.7 cm³/mol. The third-order valence-corrected chi connectivity index (χ3v) is 1.78. The number of carboxylic acids is 1. The monoisotopic (exact) mass is 210 g/mol. The van der Waals surface area contributed by atoms with E-state index in [1.807, 2.05) is 13.8 Å². The summed E-state index contributed by atoms with van der Waals surface area (Å²) >= 11 is 0. The number of ether oxygens (including phenoxy) is 2. The van der Waals surface area contributed by atoms with Gasteiger partial charge >= 0.3 is 5.97 Å². The molecule has 0 saturated heterocycles. The average Bonchev–Trinajstić information content (AvgIpc) is 2.16. The molecular formula is C11H14O4. The quantitative estimate of drug-likeness (QED) is 0.827. The van der Waals surface area contributed by atoms with Crippen LogP contribution in [-0.2, 0) is 0 Å². The Labute approximate surface area is 88.4 Å². The van der Waals surface area contributed by atoms with Gasteiger partial charge in [0.1, 0.15) is 17.1 Å². The Hall–Kier alpha value is -1.71. The molecule has 0 bridgehead atoms. The second-order valence-corrected chi connectivity index (χ2v) is 3.33. The largest absolute Gasteiger partial charge is 0.496 e. The number of carbonyl (C=O) groups is 1. The van der Waals surface area contributed by atoms with Crippen LogP contribution in [0.3, 0.4) is 0 Å². The lowest BCUT2D eigenvalue weighted by Crippen LogP contribution is -2.07. The first-order chi connectivity index (χ1) is 7.04. The topological polar surface area (TPSA) is 55.8 Å². The highest BCUT2D eigenvalue weighted by atomic mass is 16.5. The summed E-state index contributed by atoms with van der Waals surface area (Å²) in [6.45, 7) is 3.80. The zero-order chi connectivity index (χ0) is 11.4. The summed E-state index contributed by atoms with van der Waals surface area (Å²) < 4.78 is 10.4. The molecule has 4 heteroatoms. The van der Waals surface area contributed by atoms with Crippen molar-refractivity contribution in [3.63, 3.8) is 0 Å². The Morgan fingerprint density at radius 2 is 2.07 bits per heavy atom. The minimum absolute atomic E-state index is 0.0467. The van der Waals surface area contributed by atoms with E-state index >= 15 is 0 Å². The predicted octanol–water partition coefficient (Wildman–Crippen LogP) is 2.18. The van der Waals surface area contributed by atoms with Gasteiger partial charge in [0.05, 0.1) is 13.2 Å². The maximum atomic E-state index is 10.8. The van der Waals surface area contributed by atoms with Crippen molar-refractivity contribution in [3.8, 4) is 11.5 Å². The van der Waals surface area contributed by atoms with Crippen LogP contribution in [0.15, 0.2) is 18.2 Å². The van der Waals surface area contributed by atoms with E-state index in [1.54, 1.807) is 12.1 Å². The highest BCUT2D eigenvalue weighted by molar-refractivity contribution is 5.91. The first kappa shape index (κ1) is 11.4. The van der Waals surface area contributed by atoms with Crippen LogP contribution in [0.1, 0.15) is 24.2 Å². The van der Waals surface area contributed by atoms with Gasteiger partial charge < -0.3 is 14.6 Å². The Balaban J connectivity index is 3.02. The number of benzene rings is 1. The van der Waals surface area contributed by atoms with E-state index in [1.165, 1.54) is 13.2 Å². The summed E-state index contributed by atoms with van der Waals surface area (Å²) in [6, 6.07) is 4.66. The molecule has 0 saturated carbocycles. The molecule has 4 nitrogen and oxygen atoms in total. The first-order valence-electron chi connectivity index (χ1n) is 4.62. The average molecular weight is 210 g/mol. The van der Waals surface area contributed by atoms with Crippen molar-refractivity contribution in [1.29, 1.82) is 0 Å². The molecule has 0 aliphatic heterocycles. The van der Waals surface area contributed by atoms with Gasteiger partial charge in [-0.05, 0) is 26.0 Å². The van der Waals surface area contributed by atoms with E-state index in [0.29, 0.717) is 11.5 Å². The zero-order valence-corrected chi connectivity index (χ0v) is 8.98. The molecule has 0 aliphatic rings. The van der Waals surface area contributed by atoms with Gasteiger partial charge in [0.2, 0.25) is 0 Å². The second-order valence-electron chi connectivity index (χ2n) is 3.33. The molecule has 0 atom stereocenters. The first-order valence-corrected chi connectivity index (χ1v) is 4.62. The van der Waals surface area contributed by atoms with Crippen LogP contribution < -0.4 is 9.47 Å². The molecule has 0 fully saturated rings. The van der Waals surface area contributed by atoms with Crippen molar-refractivity contribution < 1.29 is 19.4 Å². The molecular weight excluding hydrogens is 196 g/mol. The summed E-state index contributed by atoms with van der Waals surface area (Å²) in [5.41, 5.74) is 0.133. The summed E-state index contributed by atoms with van der Waals surface area (Å²) in [5.74, 6) is -0.101. The molecule has 0 spiro atoms. The van der Waals surface area contributed by atoms with Crippen molar-refractivity contribution in [2.75, 3.05) is 7.11 Å². The van der Waals surface area contributed by atoms with E-state index in [2.05, 4.69) is 0 Å². The van der Waals surface area contributed by atoms with Gasteiger partial charge in [0.15, 0.2) is 0 Å². The third-order valence-electron chi connectivity index (χ3n) is 1.78. The molecule has 15 heavy (non-hydrogen) atoms. The highest BCUT2D eigenvalue weighted by Gasteiger charge is 2.11. The Bertz CT molecular complexity index is 358. The maximum Gasteiger partial charge on any atom is 0.339 e. The van der Waals surface area contributed by atoms with Gasteiger partial charge in [0.25, 0.3) is 0 Å². The van der Waals surface area contributed by atoms with Crippen LogP contribution in [-0.4, -0.2) is 24.3 Å². The van der Waals surface area contributed by atoms with Gasteiger partial charge in [-0.1, -0.05) is 0 Å². The Morgan fingerprint density at radius 1 is 1.40 bits per heavy atom. The summed E-state index contributed by atoms with van der Waals surface area (Å²) in [6.07, 6.45) is 0.0467. The van der Waals surface area contributed by atoms with Gasteiger partial charge in [0, 0.05) is 6.07 Å². The van der Waals surface area contributed by atoms with Crippen molar-refractivity contribution in [3.05, 3.63) is 23.8 Å². The maximum absolute atomic E-state index is 10.8. The molecule has 1 aromatic carbocycles. The molecule has 0 heterocycles. The number of rotatable bonds is 4. The lowest BCUT2D eigenvalue weighted by Gasteiger charge is -2.11. The SMILES string of the molecule is COc1cc(OC(C)C)ccc1C(=O)O. The number of aromatic carboxylic acids is 1. The lowest BCUT2D eigenvalue weighted by molar-refractivity contribution is 0.0693. The molecule has 0 unspecified atom stereocenters. The normalized spacial score (nSPS) is 10.1. The van der Waals surface area contributed by atoms with Crippen LogP contribution in [0.5, 0.6) is 11.5 Å². The van der Waals surface area contributed by atoms with Crippen molar-refractivity contribution >= 4 is 5.97 Å². The van der Waals surface area contributed by atoms with Crippen LogP contribution in [0, 0.1) is 0 Å². The number of carboxylic acid groups (broad SMARTS) is 1. The Kier molecular flexibility index (Phi) is 3.55. The number of hydrogen-bond acceptors (Lipinski definition) is 3. The van der Waals surface area contributed by atoms with Crippen molar-refractivity contribution in [1.82, 2.24) is 0 Å². The third kappa shape index (κ3) is 2.87. The minimum Gasteiger partial charge on any atom is -0.496 e. The second kappa shape index (κ2) is 4.68. The van der Waals surface area contributed by atoms with Crippen molar-refractivity contribution in [2.45, 2.75) is 20.0 Å². The van der Waals surface area contributed by atoms with Crippen LogP contribution in [0.4, 0.5) is 0 Å². The van der Waals surface area contributed by atoms with Gasteiger partial charge in [-0.2, -0.15) is 0 Å². The van der Waals surface area contributed by atoms with Crippen molar-refractivity contribution in [2.24, 2.45) is 0 Å². The molecule has 1 aromatic rings. The van der Waals surface area contributed by atoms with E-state index in [-0.39, 0.29) is 11.7 Å². The van der Waals surface area contributed by atoms with Gasteiger partial charge in [-0.15, -0.1) is 0 Å². The molecule has 82 valence electrons. The fraction of sp³-hybridized carbons (Fsp3) is 0.364. The van der Waals surface area contributed by atoms with E-state index < -0.39 is 5.97 Å². The van der Waals surface area contributed by atoms with Crippen LogP contribution in [0.2, 0.25) is 0 Å². The van der Waals surface area contributed by atoms with Crippen LogP contribution >= 0.6 is 0 Å². The minimum atomic E-state index is -1.01. The lowest BCUT2D eigenvalue weighted by atomic mass is 10.2. The molecule has 1 N–H and O–H groups in total. The molecule has 1 rings (SSSR count). The molecule has 0 amide bonds. The standard InChI is InChI=1S/C11H14O4/c1-7(2)15-8-4-5-9(11(12)13)10(6-8)14-3/h4-7H,1-3H3,(H,12,13). The van der Waals surface area contributed by atoms with E-state index in [9.17, 15) is 4.79 Å². The van der Waals surface area contributed by atoms with Crippen LogP contribution in [0.25, 0.3) is 0 Å².